The molecule has 6 nitrogen and oxygen atoms in total. The summed E-state index contributed by atoms with van der Waals surface area (Å²) in [6.45, 7) is 8.51. The van der Waals surface area contributed by atoms with Crippen molar-refractivity contribution in [3.63, 3.8) is 0 Å². The Morgan fingerprint density at radius 2 is 1.35 bits per heavy atom. The van der Waals surface area contributed by atoms with E-state index in [9.17, 15) is 19.2 Å². The molecule has 192 valence electrons. The highest BCUT2D eigenvalue weighted by Gasteiger charge is 2.47. The van der Waals surface area contributed by atoms with Crippen LogP contribution in [0.1, 0.15) is 85.2 Å². The van der Waals surface area contributed by atoms with Gasteiger partial charge in [0.25, 0.3) is 0 Å². The lowest BCUT2D eigenvalue weighted by atomic mass is 9.63. The Bertz CT molecular complexity index is 1290. The number of fused-ring (bicyclic) bond motifs is 2. The number of Topliss-reactive ketones (excluding diaryl/α,β-unsaturated/α-hetero) is 1. The molecule has 0 aromatic heterocycles. The van der Waals surface area contributed by atoms with E-state index in [1.807, 2.05) is 30.4 Å². The van der Waals surface area contributed by atoms with Crippen molar-refractivity contribution in [2.45, 2.75) is 64.2 Å². The molecule has 1 heterocycles. The summed E-state index contributed by atoms with van der Waals surface area (Å²) in [5, 5.41) is 0. The highest BCUT2D eigenvalue weighted by atomic mass is 16.5. The number of benzene rings is 2. The highest BCUT2D eigenvalue weighted by Crippen LogP contribution is 2.46. The second kappa shape index (κ2) is 9.09. The lowest BCUT2D eigenvalue weighted by Gasteiger charge is -2.42. The number of hydrogen-bond acceptors (Lipinski definition) is 5. The molecule has 2 aromatic carbocycles. The Morgan fingerprint density at radius 1 is 0.811 bits per heavy atom. The third-order valence-corrected chi connectivity index (χ3v) is 8.38. The molecule has 2 unspecified atom stereocenters. The molecule has 0 spiro atoms. The van der Waals surface area contributed by atoms with Crippen LogP contribution in [-0.2, 0) is 25.2 Å². The number of imide groups is 1. The number of amides is 2. The minimum Gasteiger partial charge on any atom is -0.454 e. The molecule has 0 N–H and O–H groups in total. The largest absolute Gasteiger partial charge is 0.454 e. The molecule has 2 aromatic rings. The van der Waals surface area contributed by atoms with E-state index in [2.05, 4.69) is 27.7 Å². The van der Waals surface area contributed by atoms with E-state index < -0.39 is 5.97 Å². The number of carbonyl (C=O) groups excluding carboxylic acids is 4. The van der Waals surface area contributed by atoms with Crippen LogP contribution in [0.5, 0.6) is 0 Å². The van der Waals surface area contributed by atoms with Crippen molar-refractivity contribution in [2.75, 3.05) is 11.5 Å². The van der Waals surface area contributed by atoms with E-state index in [1.54, 1.807) is 12.1 Å². The summed E-state index contributed by atoms with van der Waals surface area (Å²) in [5.74, 6) is -1.90. The highest BCUT2D eigenvalue weighted by molar-refractivity contribution is 6.22. The predicted octanol–water partition coefficient (Wildman–Crippen LogP) is 5.53. The molecule has 2 atom stereocenters. The van der Waals surface area contributed by atoms with E-state index in [0.29, 0.717) is 24.1 Å². The summed E-state index contributed by atoms with van der Waals surface area (Å²) in [6.07, 6.45) is 7.18. The first-order chi connectivity index (χ1) is 17.5. The normalized spacial score (nSPS) is 23.4. The maximum atomic E-state index is 12.9. The van der Waals surface area contributed by atoms with Crippen LogP contribution in [0, 0.1) is 11.8 Å². The van der Waals surface area contributed by atoms with Crippen molar-refractivity contribution < 1.29 is 23.9 Å². The van der Waals surface area contributed by atoms with Crippen molar-refractivity contribution in [1.82, 2.24) is 0 Å². The Labute approximate surface area is 217 Å². The number of hydrogen-bond donors (Lipinski definition) is 0. The van der Waals surface area contributed by atoms with Gasteiger partial charge in [-0.3, -0.25) is 19.3 Å². The van der Waals surface area contributed by atoms with Gasteiger partial charge in [-0.05, 0) is 78.0 Å². The van der Waals surface area contributed by atoms with Crippen molar-refractivity contribution in [3.05, 3.63) is 76.9 Å². The zero-order valence-electron chi connectivity index (χ0n) is 21.9. The third kappa shape index (κ3) is 4.43. The molecule has 1 fully saturated rings. The summed E-state index contributed by atoms with van der Waals surface area (Å²) >= 11 is 0. The molecule has 2 amide bonds. The number of anilines is 1. The minimum atomic E-state index is -0.628. The molecule has 0 saturated carbocycles. The van der Waals surface area contributed by atoms with Gasteiger partial charge in [-0.25, -0.2) is 4.79 Å². The number of ketones is 1. The second-order valence-electron chi connectivity index (χ2n) is 11.7. The smallest absolute Gasteiger partial charge is 0.338 e. The fraction of sp³-hybridized carbons (Fsp3) is 0.419. The van der Waals surface area contributed by atoms with Gasteiger partial charge in [0.05, 0.1) is 23.1 Å². The van der Waals surface area contributed by atoms with Gasteiger partial charge in [0.2, 0.25) is 11.8 Å². The predicted molar refractivity (Wildman–Crippen MR) is 141 cm³/mol. The maximum absolute atomic E-state index is 12.9. The van der Waals surface area contributed by atoms with Crippen LogP contribution >= 0.6 is 0 Å². The van der Waals surface area contributed by atoms with E-state index in [-0.39, 0.29) is 52.4 Å². The number of esters is 1. The van der Waals surface area contributed by atoms with Crippen LogP contribution in [0.15, 0.2) is 54.6 Å². The van der Waals surface area contributed by atoms with Gasteiger partial charge in [-0.2, -0.15) is 0 Å². The van der Waals surface area contributed by atoms with E-state index in [0.717, 1.165) is 12.8 Å². The molecule has 1 aliphatic heterocycles. The van der Waals surface area contributed by atoms with Crippen LogP contribution in [0.4, 0.5) is 5.69 Å². The van der Waals surface area contributed by atoms with Crippen molar-refractivity contribution in [3.8, 4) is 0 Å². The summed E-state index contributed by atoms with van der Waals surface area (Å²) in [6, 6.07) is 12.0. The Kier molecular flexibility index (Phi) is 6.17. The van der Waals surface area contributed by atoms with Crippen molar-refractivity contribution >= 4 is 29.3 Å². The molecule has 37 heavy (non-hydrogen) atoms. The lowest BCUT2D eigenvalue weighted by Crippen LogP contribution is -2.34. The number of carbonyl (C=O) groups is 4. The summed E-state index contributed by atoms with van der Waals surface area (Å²) in [5.41, 5.74) is 3.71. The minimum absolute atomic E-state index is 0.0219. The molecule has 5 rings (SSSR count). The molecule has 3 aliphatic rings. The maximum Gasteiger partial charge on any atom is 0.338 e. The van der Waals surface area contributed by atoms with Crippen LogP contribution in [0.3, 0.4) is 0 Å². The molecule has 6 heteroatoms. The molecule has 1 saturated heterocycles. The average molecular weight is 500 g/mol. The first kappa shape index (κ1) is 25.1. The van der Waals surface area contributed by atoms with Gasteiger partial charge in [0.15, 0.2) is 12.4 Å². The lowest BCUT2D eigenvalue weighted by molar-refractivity contribution is -0.122. The van der Waals surface area contributed by atoms with Gasteiger partial charge in [-0.1, -0.05) is 52.0 Å². The Morgan fingerprint density at radius 3 is 1.95 bits per heavy atom. The van der Waals surface area contributed by atoms with E-state index >= 15 is 0 Å². The number of ether oxygens (including phenoxy) is 1. The number of rotatable bonds is 5. The SMILES string of the molecule is CC1(C)CCC(C)(C)c2cc(C(=O)COC(=O)c3ccc(N4C(=O)C5CC=CCC5C4=O)cc3)ccc21. The first-order valence-electron chi connectivity index (χ1n) is 13.0. The van der Waals surface area contributed by atoms with E-state index in [1.165, 1.54) is 28.2 Å². The monoisotopic (exact) mass is 499 g/mol. The van der Waals surface area contributed by atoms with Crippen LogP contribution < -0.4 is 4.90 Å². The quantitative estimate of drug-likeness (QED) is 0.234. The standard InChI is InChI=1S/C31H33NO5/c1-30(2)15-16-31(3,4)25-17-20(11-14-24(25)30)26(33)18-37-29(36)19-9-12-21(13-10-19)32-27(34)22-7-5-6-8-23(22)28(32)35/h5-6,9-14,17,22-23H,7-8,15-16,18H2,1-4H3. The molecule has 2 aliphatic carbocycles. The number of allylic oxidation sites excluding steroid dienone is 2. The van der Waals surface area contributed by atoms with Gasteiger partial charge in [0.1, 0.15) is 0 Å². The fourth-order valence-electron chi connectivity index (χ4n) is 5.86. The molecule has 0 radical (unpaired) electrons. The second-order valence-corrected chi connectivity index (χ2v) is 11.7. The zero-order valence-corrected chi connectivity index (χ0v) is 21.9. The van der Waals surface area contributed by atoms with Gasteiger partial charge >= 0.3 is 5.97 Å². The van der Waals surface area contributed by atoms with E-state index in [4.69, 9.17) is 4.74 Å². The Hall–Kier alpha value is -3.54. The average Bonchev–Trinajstić information content (AvgIpc) is 3.15. The third-order valence-electron chi connectivity index (χ3n) is 8.38. The molecular formula is C31H33NO5. The van der Waals surface area contributed by atoms with Gasteiger partial charge in [-0.15, -0.1) is 0 Å². The summed E-state index contributed by atoms with van der Waals surface area (Å²) < 4.78 is 5.32. The molecule has 0 bridgehead atoms. The fourth-order valence-corrected chi connectivity index (χ4v) is 5.86. The van der Waals surface area contributed by atoms with Crippen LogP contribution in [0.25, 0.3) is 0 Å². The number of nitrogens with zero attached hydrogens (tertiary/aromatic N) is 1. The summed E-state index contributed by atoms with van der Waals surface area (Å²) in [7, 11) is 0. The summed E-state index contributed by atoms with van der Waals surface area (Å²) in [4.78, 5) is 52.3. The van der Waals surface area contributed by atoms with Crippen molar-refractivity contribution in [2.24, 2.45) is 11.8 Å². The topological polar surface area (TPSA) is 80.8 Å². The van der Waals surface area contributed by atoms with Gasteiger partial charge in [0, 0.05) is 5.56 Å². The first-order valence-corrected chi connectivity index (χ1v) is 13.0. The molecular weight excluding hydrogens is 466 g/mol. The zero-order chi connectivity index (χ0) is 26.5. The Balaban J connectivity index is 1.25. The van der Waals surface area contributed by atoms with Crippen LogP contribution in [0.2, 0.25) is 0 Å². The van der Waals surface area contributed by atoms with Gasteiger partial charge < -0.3 is 4.74 Å². The van der Waals surface area contributed by atoms with Crippen LogP contribution in [-0.4, -0.2) is 30.2 Å². The van der Waals surface area contributed by atoms with Crippen molar-refractivity contribution in [1.29, 1.82) is 0 Å².